The first kappa shape index (κ1) is 23.6. The van der Waals surface area contributed by atoms with E-state index in [2.05, 4.69) is 16.4 Å². The van der Waals surface area contributed by atoms with Crippen molar-refractivity contribution >= 4 is 0 Å². The Morgan fingerprint density at radius 2 is 1.55 bits per heavy atom. The summed E-state index contributed by atoms with van der Waals surface area (Å²) in [5, 5.41) is 0. The van der Waals surface area contributed by atoms with E-state index >= 15 is 0 Å². The smallest absolute Gasteiger partial charge is 0.432 e. The summed E-state index contributed by atoms with van der Waals surface area (Å²) in [6, 6.07) is 1.72. The van der Waals surface area contributed by atoms with E-state index < -0.39 is 42.4 Å². The third-order valence-electron chi connectivity index (χ3n) is 5.18. The summed E-state index contributed by atoms with van der Waals surface area (Å²) >= 11 is 0. The molecule has 166 valence electrons. The summed E-state index contributed by atoms with van der Waals surface area (Å²) in [7, 11) is 0. The van der Waals surface area contributed by atoms with E-state index in [1.165, 1.54) is 0 Å². The predicted molar refractivity (Wildman–Crippen MR) is 93.1 cm³/mol. The molecule has 29 heavy (non-hydrogen) atoms. The molecule has 1 fully saturated rings. The summed E-state index contributed by atoms with van der Waals surface area (Å²) in [5.74, 6) is -2.45. The highest BCUT2D eigenvalue weighted by atomic mass is 19.3. The fraction of sp³-hybridized carbons (Fsp3) is 0.700. The van der Waals surface area contributed by atoms with Crippen molar-refractivity contribution in [3.63, 3.8) is 0 Å². The summed E-state index contributed by atoms with van der Waals surface area (Å²) < 4.78 is 99.9. The van der Waals surface area contributed by atoms with Crippen LogP contribution in [-0.2, 0) is 0 Å². The van der Waals surface area contributed by atoms with Gasteiger partial charge in [-0.3, -0.25) is 0 Å². The van der Waals surface area contributed by atoms with E-state index in [-0.39, 0.29) is 12.3 Å². The minimum absolute atomic E-state index is 0.182. The number of benzene rings is 1. The van der Waals surface area contributed by atoms with Gasteiger partial charge in [-0.2, -0.15) is 26.3 Å². The molecule has 9 heteroatoms. The van der Waals surface area contributed by atoms with Gasteiger partial charge in [0.05, 0.1) is 6.42 Å². The van der Waals surface area contributed by atoms with Crippen LogP contribution in [0.5, 0.6) is 11.5 Å². The van der Waals surface area contributed by atoms with Crippen molar-refractivity contribution in [3.8, 4) is 11.5 Å². The standard InChI is InChI=1S/C20H25F7O2/c1-2-3-13-4-6-14(7-5-13)10-11-19(24,25)28-15-8-9-17(16(21)12-15)29-20(26,27)18(22)23/h8-9,12-14,18H,2-7,10-11H2,1H3. The topological polar surface area (TPSA) is 18.5 Å². The van der Waals surface area contributed by atoms with Crippen molar-refractivity contribution in [3.05, 3.63) is 24.0 Å². The molecule has 0 bridgehead atoms. The molecule has 0 atom stereocenters. The van der Waals surface area contributed by atoms with Crippen LogP contribution in [0.15, 0.2) is 18.2 Å². The maximum absolute atomic E-state index is 14.1. The van der Waals surface area contributed by atoms with Crippen LogP contribution in [0.2, 0.25) is 0 Å². The largest absolute Gasteiger partial charge is 0.461 e. The molecule has 1 aliphatic carbocycles. The van der Waals surface area contributed by atoms with Gasteiger partial charge in [0.2, 0.25) is 0 Å². The first-order chi connectivity index (χ1) is 13.5. The second-order valence-electron chi connectivity index (χ2n) is 7.51. The van der Waals surface area contributed by atoms with E-state index in [4.69, 9.17) is 0 Å². The van der Waals surface area contributed by atoms with Gasteiger partial charge in [0.1, 0.15) is 5.75 Å². The van der Waals surface area contributed by atoms with E-state index in [9.17, 15) is 30.7 Å². The molecule has 0 saturated heterocycles. The molecule has 0 spiro atoms. The zero-order valence-corrected chi connectivity index (χ0v) is 16.1. The number of hydrogen-bond donors (Lipinski definition) is 0. The van der Waals surface area contributed by atoms with E-state index in [1.54, 1.807) is 0 Å². The highest BCUT2D eigenvalue weighted by Gasteiger charge is 2.44. The molecule has 0 amide bonds. The second kappa shape index (κ2) is 9.89. The third-order valence-corrected chi connectivity index (χ3v) is 5.18. The minimum Gasteiger partial charge on any atom is -0.432 e. The Bertz CT molecular complexity index is 644. The number of ether oxygens (including phenoxy) is 2. The highest BCUT2D eigenvalue weighted by Crippen LogP contribution is 2.37. The Morgan fingerprint density at radius 3 is 2.07 bits per heavy atom. The van der Waals surface area contributed by atoms with E-state index in [0.717, 1.165) is 44.6 Å². The van der Waals surface area contributed by atoms with Crippen LogP contribution in [0.1, 0.15) is 58.3 Å². The SMILES string of the molecule is CCCC1CCC(CCC(F)(F)Oc2ccc(OC(F)(F)C(F)F)c(F)c2)CC1. The van der Waals surface area contributed by atoms with Crippen molar-refractivity contribution in [2.75, 3.05) is 0 Å². The summed E-state index contributed by atoms with van der Waals surface area (Å²) in [5.41, 5.74) is 0. The molecule has 0 heterocycles. The van der Waals surface area contributed by atoms with Crippen LogP contribution < -0.4 is 9.47 Å². The van der Waals surface area contributed by atoms with Gasteiger partial charge in [-0.1, -0.05) is 45.4 Å². The van der Waals surface area contributed by atoms with Crippen LogP contribution in [0.4, 0.5) is 30.7 Å². The molecule has 1 aliphatic rings. The zero-order chi connectivity index (χ0) is 21.7. The fourth-order valence-corrected chi connectivity index (χ4v) is 3.63. The number of rotatable bonds is 10. The number of halogens is 7. The van der Waals surface area contributed by atoms with Crippen LogP contribution in [0, 0.1) is 17.7 Å². The maximum atomic E-state index is 14.1. The molecule has 0 aromatic heterocycles. The Morgan fingerprint density at radius 1 is 0.966 bits per heavy atom. The van der Waals surface area contributed by atoms with Gasteiger partial charge in [0, 0.05) is 6.07 Å². The average Bonchev–Trinajstić information content (AvgIpc) is 2.63. The number of alkyl halides is 6. The Labute approximate surface area is 165 Å². The van der Waals surface area contributed by atoms with Crippen LogP contribution in [-0.4, -0.2) is 18.6 Å². The molecular weight excluding hydrogens is 405 g/mol. The van der Waals surface area contributed by atoms with Crippen LogP contribution in [0.3, 0.4) is 0 Å². The Hall–Kier alpha value is -1.67. The molecule has 0 unspecified atom stereocenters. The average molecular weight is 430 g/mol. The summed E-state index contributed by atoms with van der Waals surface area (Å²) in [4.78, 5) is 0. The van der Waals surface area contributed by atoms with Gasteiger partial charge >= 0.3 is 18.6 Å². The highest BCUT2D eigenvalue weighted by molar-refractivity contribution is 5.33. The molecule has 2 rings (SSSR count). The number of hydrogen-bond acceptors (Lipinski definition) is 2. The van der Waals surface area contributed by atoms with Gasteiger partial charge < -0.3 is 9.47 Å². The Balaban J connectivity index is 1.87. The molecule has 1 aromatic carbocycles. The van der Waals surface area contributed by atoms with Crippen LogP contribution in [0.25, 0.3) is 0 Å². The van der Waals surface area contributed by atoms with Gasteiger partial charge in [0.15, 0.2) is 11.6 Å². The van der Waals surface area contributed by atoms with Crippen LogP contribution >= 0.6 is 0 Å². The zero-order valence-electron chi connectivity index (χ0n) is 16.1. The first-order valence-corrected chi connectivity index (χ1v) is 9.73. The van der Waals surface area contributed by atoms with E-state index in [1.807, 2.05) is 0 Å². The minimum atomic E-state index is -4.90. The summed E-state index contributed by atoms with van der Waals surface area (Å²) in [6.45, 7) is 2.12. The molecule has 1 aromatic rings. The van der Waals surface area contributed by atoms with E-state index in [0.29, 0.717) is 18.1 Å². The molecule has 0 aliphatic heterocycles. The summed E-state index contributed by atoms with van der Waals surface area (Å²) in [6.07, 6.45) is -6.83. The Kier molecular flexibility index (Phi) is 8.05. The molecule has 2 nitrogen and oxygen atoms in total. The van der Waals surface area contributed by atoms with Crippen molar-refractivity contribution in [1.29, 1.82) is 0 Å². The molecule has 1 saturated carbocycles. The van der Waals surface area contributed by atoms with Crippen molar-refractivity contribution in [2.45, 2.75) is 76.9 Å². The fourth-order valence-electron chi connectivity index (χ4n) is 3.63. The van der Waals surface area contributed by atoms with Crippen molar-refractivity contribution < 1.29 is 40.2 Å². The van der Waals surface area contributed by atoms with Gasteiger partial charge in [-0.15, -0.1) is 0 Å². The van der Waals surface area contributed by atoms with Crippen molar-refractivity contribution in [2.24, 2.45) is 11.8 Å². The lowest BCUT2D eigenvalue weighted by Gasteiger charge is -2.29. The third kappa shape index (κ3) is 7.26. The molecule has 0 N–H and O–H groups in total. The van der Waals surface area contributed by atoms with Gasteiger partial charge in [0.25, 0.3) is 0 Å². The normalized spacial score (nSPS) is 20.7. The lowest BCUT2D eigenvalue weighted by molar-refractivity contribution is -0.254. The predicted octanol–water partition coefficient (Wildman–Crippen LogP) is 7.42. The first-order valence-electron chi connectivity index (χ1n) is 9.73. The monoisotopic (exact) mass is 430 g/mol. The quantitative estimate of drug-likeness (QED) is 0.360. The maximum Gasteiger partial charge on any atom is 0.461 e. The molecular formula is C20H25F7O2. The lowest BCUT2D eigenvalue weighted by Crippen LogP contribution is -2.33. The molecule has 0 radical (unpaired) electrons. The van der Waals surface area contributed by atoms with Gasteiger partial charge in [-0.25, -0.2) is 4.39 Å². The van der Waals surface area contributed by atoms with Gasteiger partial charge in [-0.05, 0) is 30.4 Å². The lowest BCUT2D eigenvalue weighted by atomic mass is 9.78. The van der Waals surface area contributed by atoms with Crippen molar-refractivity contribution in [1.82, 2.24) is 0 Å². The second-order valence-corrected chi connectivity index (χ2v) is 7.51.